The minimum absolute atomic E-state index is 0.0321. The summed E-state index contributed by atoms with van der Waals surface area (Å²) >= 11 is 0. The fourth-order valence-corrected chi connectivity index (χ4v) is 4.28. The first-order chi connectivity index (χ1) is 14.5. The Labute approximate surface area is 171 Å². The maximum Gasteiger partial charge on any atom is 0.228 e. The Hall–Kier alpha value is -3.42. The standard InChI is InChI=1S/C22H19F2N5O/c23-15-8-22(9-15,20-17(24)5-2-6-25-20)12-28-21-26-10-14(11-27-21)16-4-1-3-13-7-18(30)29-19(13)16/h1-6,10-11,15H,7-9,12H2,(H,29,30)(H,26,27,28)/t15-,22-. The number of pyridine rings is 1. The summed E-state index contributed by atoms with van der Waals surface area (Å²) in [5, 5.41) is 5.99. The van der Waals surface area contributed by atoms with Crippen molar-refractivity contribution in [3.05, 3.63) is 66.0 Å². The molecule has 1 aromatic carbocycles. The summed E-state index contributed by atoms with van der Waals surface area (Å²) in [5.74, 6) is -0.0915. The molecule has 0 radical (unpaired) electrons. The van der Waals surface area contributed by atoms with Crippen LogP contribution >= 0.6 is 0 Å². The molecule has 3 aromatic rings. The molecule has 0 spiro atoms. The number of carbonyl (C=O) groups excluding carboxylic acids is 1. The normalized spacial score (nSPS) is 22.2. The average Bonchev–Trinajstić information content (AvgIpc) is 3.11. The molecule has 0 bridgehead atoms. The lowest BCUT2D eigenvalue weighted by Gasteiger charge is -2.43. The second kappa shape index (κ2) is 7.12. The van der Waals surface area contributed by atoms with E-state index < -0.39 is 17.4 Å². The Morgan fingerprint density at radius 3 is 2.67 bits per heavy atom. The molecule has 30 heavy (non-hydrogen) atoms. The number of anilines is 2. The molecule has 5 rings (SSSR count). The summed E-state index contributed by atoms with van der Waals surface area (Å²) in [6, 6.07) is 8.59. The van der Waals surface area contributed by atoms with Crippen molar-refractivity contribution < 1.29 is 13.6 Å². The highest BCUT2D eigenvalue weighted by atomic mass is 19.1. The number of nitrogens with zero attached hydrogens (tertiary/aromatic N) is 3. The smallest absolute Gasteiger partial charge is 0.228 e. The third-order valence-corrected chi connectivity index (χ3v) is 5.80. The van der Waals surface area contributed by atoms with E-state index in [1.165, 1.54) is 18.3 Å². The molecule has 0 saturated heterocycles. The minimum Gasteiger partial charge on any atom is -0.353 e. The molecule has 2 aliphatic rings. The number of hydrogen-bond donors (Lipinski definition) is 2. The van der Waals surface area contributed by atoms with Crippen LogP contribution in [0.15, 0.2) is 48.9 Å². The van der Waals surface area contributed by atoms with Crippen LogP contribution in [0.4, 0.5) is 20.4 Å². The van der Waals surface area contributed by atoms with Gasteiger partial charge >= 0.3 is 0 Å². The summed E-state index contributed by atoms with van der Waals surface area (Å²) in [4.78, 5) is 24.6. The number of para-hydroxylation sites is 1. The maximum absolute atomic E-state index is 14.3. The van der Waals surface area contributed by atoms with Gasteiger partial charge < -0.3 is 10.6 Å². The number of rotatable bonds is 5. The third kappa shape index (κ3) is 3.18. The van der Waals surface area contributed by atoms with Crippen molar-refractivity contribution in [3.63, 3.8) is 0 Å². The van der Waals surface area contributed by atoms with Gasteiger partial charge in [0, 0.05) is 41.7 Å². The highest BCUT2D eigenvalue weighted by molar-refractivity contribution is 6.03. The van der Waals surface area contributed by atoms with E-state index in [0.717, 1.165) is 22.4 Å². The number of benzene rings is 1. The van der Waals surface area contributed by atoms with Gasteiger partial charge in [-0.05, 0) is 30.5 Å². The van der Waals surface area contributed by atoms with Crippen LogP contribution in [0.2, 0.25) is 0 Å². The highest BCUT2D eigenvalue weighted by Crippen LogP contribution is 2.45. The fourth-order valence-electron chi connectivity index (χ4n) is 4.28. The van der Waals surface area contributed by atoms with Gasteiger partial charge in [0.2, 0.25) is 11.9 Å². The molecular formula is C22H19F2N5O. The lowest BCUT2D eigenvalue weighted by atomic mass is 9.65. The zero-order valence-electron chi connectivity index (χ0n) is 16.0. The van der Waals surface area contributed by atoms with Crippen LogP contribution in [0.1, 0.15) is 24.1 Å². The van der Waals surface area contributed by atoms with Crippen molar-refractivity contribution in [3.8, 4) is 11.1 Å². The Morgan fingerprint density at radius 1 is 1.13 bits per heavy atom. The van der Waals surface area contributed by atoms with E-state index in [1.54, 1.807) is 12.4 Å². The molecule has 6 nitrogen and oxygen atoms in total. The van der Waals surface area contributed by atoms with E-state index in [2.05, 4.69) is 25.6 Å². The minimum atomic E-state index is -0.966. The molecule has 8 heteroatoms. The van der Waals surface area contributed by atoms with Gasteiger partial charge in [-0.3, -0.25) is 9.78 Å². The van der Waals surface area contributed by atoms with E-state index in [4.69, 9.17) is 0 Å². The van der Waals surface area contributed by atoms with Gasteiger partial charge in [0.1, 0.15) is 12.0 Å². The molecule has 0 atom stereocenters. The predicted octanol–water partition coefficient (Wildman–Crippen LogP) is 3.65. The van der Waals surface area contributed by atoms with Crippen molar-refractivity contribution in [1.82, 2.24) is 15.0 Å². The number of aromatic nitrogens is 3. The highest BCUT2D eigenvalue weighted by Gasteiger charge is 2.48. The largest absolute Gasteiger partial charge is 0.353 e. The first-order valence-electron chi connectivity index (χ1n) is 9.77. The van der Waals surface area contributed by atoms with Gasteiger partial charge in [0.25, 0.3) is 0 Å². The number of hydrogen-bond acceptors (Lipinski definition) is 5. The summed E-state index contributed by atoms with van der Waals surface area (Å²) in [6.07, 6.45) is 4.68. The van der Waals surface area contributed by atoms with Crippen LogP contribution in [0.3, 0.4) is 0 Å². The quantitative estimate of drug-likeness (QED) is 0.675. The van der Waals surface area contributed by atoms with Crippen LogP contribution in [0, 0.1) is 5.82 Å². The first kappa shape index (κ1) is 18.6. The number of nitrogens with one attached hydrogen (secondary N) is 2. The molecule has 1 amide bonds. The van der Waals surface area contributed by atoms with Crippen molar-refractivity contribution in [1.29, 1.82) is 0 Å². The SMILES string of the molecule is O=C1Cc2cccc(-c3cnc(NC[C@]4(c5ncccc5F)C[C@H](F)C4)nc3)c2N1. The van der Waals surface area contributed by atoms with E-state index in [0.29, 0.717) is 12.4 Å². The fraction of sp³-hybridized carbons (Fsp3) is 0.273. The van der Waals surface area contributed by atoms with E-state index in [1.807, 2.05) is 18.2 Å². The second-order valence-corrected chi connectivity index (χ2v) is 7.83. The lowest BCUT2D eigenvalue weighted by Crippen LogP contribution is -2.49. The zero-order chi connectivity index (χ0) is 20.7. The Balaban J connectivity index is 1.34. The number of amides is 1. The first-order valence-corrected chi connectivity index (χ1v) is 9.77. The average molecular weight is 407 g/mol. The molecule has 1 saturated carbocycles. The number of halogens is 2. The molecule has 1 aliphatic heterocycles. The number of carbonyl (C=O) groups is 1. The molecule has 1 fully saturated rings. The van der Waals surface area contributed by atoms with E-state index >= 15 is 0 Å². The van der Waals surface area contributed by atoms with E-state index in [9.17, 15) is 13.6 Å². The predicted molar refractivity (Wildman–Crippen MR) is 108 cm³/mol. The van der Waals surface area contributed by atoms with Gasteiger partial charge in [-0.2, -0.15) is 0 Å². The Morgan fingerprint density at radius 2 is 1.93 bits per heavy atom. The van der Waals surface area contributed by atoms with Crippen molar-refractivity contribution >= 4 is 17.5 Å². The summed E-state index contributed by atoms with van der Waals surface area (Å²) in [5.41, 5.74) is 2.94. The Bertz CT molecular complexity index is 1110. The van der Waals surface area contributed by atoms with Crippen LogP contribution < -0.4 is 10.6 Å². The van der Waals surface area contributed by atoms with Gasteiger partial charge in [-0.15, -0.1) is 0 Å². The molecule has 152 valence electrons. The topological polar surface area (TPSA) is 79.8 Å². The summed E-state index contributed by atoms with van der Waals surface area (Å²) < 4.78 is 28.0. The van der Waals surface area contributed by atoms with Crippen LogP contribution in [-0.4, -0.2) is 33.6 Å². The molecule has 0 unspecified atom stereocenters. The van der Waals surface area contributed by atoms with Gasteiger partial charge in [0.15, 0.2) is 0 Å². The van der Waals surface area contributed by atoms with Crippen LogP contribution in [-0.2, 0) is 16.6 Å². The molecule has 3 heterocycles. The molecular weight excluding hydrogens is 388 g/mol. The third-order valence-electron chi connectivity index (χ3n) is 5.80. The zero-order valence-corrected chi connectivity index (χ0v) is 16.0. The second-order valence-electron chi connectivity index (χ2n) is 7.83. The van der Waals surface area contributed by atoms with Crippen LogP contribution in [0.5, 0.6) is 0 Å². The lowest BCUT2D eigenvalue weighted by molar-refractivity contribution is -0.115. The molecule has 1 aliphatic carbocycles. The monoisotopic (exact) mass is 407 g/mol. The van der Waals surface area contributed by atoms with Crippen molar-refractivity contribution in [2.24, 2.45) is 0 Å². The van der Waals surface area contributed by atoms with Gasteiger partial charge in [0.05, 0.1) is 17.8 Å². The number of fused-ring (bicyclic) bond motifs is 1. The van der Waals surface area contributed by atoms with Crippen LogP contribution in [0.25, 0.3) is 11.1 Å². The van der Waals surface area contributed by atoms with E-state index in [-0.39, 0.29) is 31.0 Å². The maximum atomic E-state index is 14.3. The van der Waals surface area contributed by atoms with Gasteiger partial charge in [-0.25, -0.2) is 18.7 Å². The molecule has 2 aromatic heterocycles. The number of alkyl halides is 1. The Kier molecular flexibility index (Phi) is 4.42. The molecule has 2 N–H and O–H groups in total. The summed E-state index contributed by atoms with van der Waals surface area (Å²) in [6.45, 7) is 0.289. The van der Waals surface area contributed by atoms with Crippen molar-refractivity contribution in [2.45, 2.75) is 30.8 Å². The van der Waals surface area contributed by atoms with Gasteiger partial charge in [-0.1, -0.05) is 18.2 Å². The van der Waals surface area contributed by atoms with Crippen molar-refractivity contribution in [2.75, 3.05) is 17.2 Å². The summed E-state index contributed by atoms with van der Waals surface area (Å²) in [7, 11) is 0.